The summed E-state index contributed by atoms with van der Waals surface area (Å²) in [5.74, 6) is 0.672. The maximum absolute atomic E-state index is 10.9. The molecule has 0 saturated carbocycles. The van der Waals surface area contributed by atoms with Gasteiger partial charge in [-0.1, -0.05) is 30.4 Å². The number of carbonyl (C=O) groups is 1. The van der Waals surface area contributed by atoms with Crippen molar-refractivity contribution in [3.63, 3.8) is 0 Å². The third-order valence-corrected chi connectivity index (χ3v) is 4.57. The molecule has 2 rings (SSSR count). The number of nitrogens with one attached hydrogen (secondary N) is 1. The lowest BCUT2D eigenvalue weighted by Crippen LogP contribution is -2.22. The van der Waals surface area contributed by atoms with Crippen molar-refractivity contribution in [1.29, 1.82) is 0 Å². The van der Waals surface area contributed by atoms with Crippen molar-refractivity contribution < 1.29 is 14.5 Å². The Kier molecular flexibility index (Phi) is 6.31. The van der Waals surface area contributed by atoms with Crippen molar-refractivity contribution in [2.75, 3.05) is 6.54 Å². The van der Waals surface area contributed by atoms with E-state index in [1.165, 1.54) is 13.0 Å². The number of ether oxygens (including phenoxy) is 1. The Labute approximate surface area is 144 Å². The highest BCUT2D eigenvalue weighted by atomic mass is 32.1. The molecular weight excluding hydrogens is 328 g/mol. The average Bonchev–Trinajstić information content (AvgIpc) is 3.03. The number of benzene rings is 1. The highest BCUT2D eigenvalue weighted by Gasteiger charge is 2.18. The smallest absolute Gasteiger partial charge is 0.324 e. The summed E-state index contributed by atoms with van der Waals surface area (Å²) in [5, 5.41) is 13.7. The van der Waals surface area contributed by atoms with E-state index in [-0.39, 0.29) is 21.9 Å². The topological polar surface area (TPSA) is 81.5 Å². The minimum Gasteiger partial charge on any atom is -0.485 e. The lowest BCUT2D eigenvalue weighted by atomic mass is 10.1. The standard InChI is InChI=1S/C17H20N2O4S/c1-3-15(16-7-8-17(24-16)19(21)22)23-14-6-4-5-13(11-14)9-10-18-12(2)20/h4-8,11,15H,3,9-10H2,1-2H3,(H,18,20). The lowest BCUT2D eigenvalue weighted by molar-refractivity contribution is -0.380. The molecule has 0 fully saturated rings. The van der Waals surface area contributed by atoms with Gasteiger partial charge in [-0.2, -0.15) is 0 Å². The third kappa shape index (κ3) is 5.06. The van der Waals surface area contributed by atoms with Crippen LogP contribution in [0.15, 0.2) is 36.4 Å². The summed E-state index contributed by atoms with van der Waals surface area (Å²) in [5.41, 5.74) is 1.06. The number of carbonyl (C=O) groups excluding carboxylic acids is 1. The van der Waals surface area contributed by atoms with E-state index in [9.17, 15) is 14.9 Å². The second-order valence-electron chi connectivity index (χ2n) is 5.33. The van der Waals surface area contributed by atoms with Crippen LogP contribution in [0.5, 0.6) is 5.75 Å². The van der Waals surface area contributed by atoms with Gasteiger partial charge in [0.2, 0.25) is 5.91 Å². The van der Waals surface area contributed by atoms with E-state index in [2.05, 4.69) is 5.32 Å². The second kappa shape index (κ2) is 8.44. The average molecular weight is 348 g/mol. The molecule has 0 aliphatic heterocycles. The van der Waals surface area contributed by atoms with Crippen molar-refractivity contribution in [3.8, 4) is 5.75 Å². The van der Waals surface area contributed by atoms with E-state index in [0.717, 1.165) is 33.9 Å². The first kappa shape index (κ1) is 17.9. The van der Waals surface area contributed by atoms with Gasteiger partial charge in [-0.25, -0.2) is 0 Å². The van der Waals surface area contributed by atoms with Gasteiger partial charge >= 0.3 is 5.00 Å². The second-order valence-corrected chi connectivity index (χ2v) is 6.42. The summed E-state index contributed by atoms with van der Waals surface area (Å²) < 4.78 is 6.01. The molecule has 1 amide bonds. The number of amides is 1. The first-order valence-corrected chi connectivity index (χ1v) is 8.55. The van der Waals surface area contributed by atoms with Crippen LogP contribution in [0.4, 0.5) is 5.00 Å². The zero-order chi connectivity index (χ0) is 17.5. The molecule has 6 nitrogen and oxygen atoms in total. The Morgan fingerprint density at radius 3 is 2.79 bits per heavy atom. The van der Waals surface area contributed by atoms with E-state index in [4.69, 9.17) is 4.74 Å². The predicted molar refractivity (Wildman–Crippen MR) is 93.5 cm³/mol. The van der Waals surface area contributed by atoms with Gasteiger partial charge in [-0.3, -0.25) is 14.9 Å². The molecule has 1 heterocycles. The van der Waals surface area contributed by atoms with E-state index in [0.29, 0.717) is 13.0 Å². The maximum Gasteiger partial charge on any atom is 0.324 e. The summed E-state index contributed by atoms with van der Waals surface area (Å²) in [6.45, 7) is 4.05. The van der Waals surface area contributed by atoms with Gasteiger partial charge in [0.1, 0.15) is 11.9 Å². The van der Waals surface area contributed by atoms with Crippen molar-refractivity contribution >= 4 is 22.2 Å². The molecule has 1 atom stereocenters. The first-order chi connectivity index (χ1) is 11.5. The minimum atomic E-state index is -0.385. The first-order valence-electron chi connectivity index (χ1n) is 7.73. The zero-order valence-electron chi connectivity index (χ0n) is 13.7. The van der Waals surface area contributed by atoms with Gasteiger partial charge in [-0.15, -0.1) is 0 Å². The molecule has 0 bridgehead atoms. The van der Waals surface area contributed by atoms with Crippen LogP contribution in [0.1, 0.15) is 36.8 Å². The van der Waals surface area contributed by atoms with Crippen LogP contribution < -0.4 is 10.1 Å². The Hall–Kier alpha value is -2.41. The van der Waals surface area contributed by atoms with Crippen LogP contribution in [-0.4, -0.2) is 17.4 Å². The van der Waals surface area contributed by atoms with Gasteiger partial charge < -0.3 is 10.1 Å². The summed E-state index contributed by atoms with van der Waals surface area (Å²) in [7, 11) is 0. The molecule has 2 aromatic rings. The number of thiophene rings is 1. The normalized spacial score (nSPS) is 11.8. The van der Waals surface area contributed by atoms with Crippen LogP contribution >= 0.6 is 11.3 Å². The van der Waals surface area contributed by atoms with E-state index < -0.39 is 0 Å². The number of hydrogen-bond acceptors (Lipinski definition) is 5. The van der Waals surface area contributed by atoms with E-state index in [1.54, 1.807) is 6.07 Å². The van der Waals surface area contributed by atoms with Crippen molar-refractivity contribution in [2.45, 2.75) is 32.8 Å². The zero-order valence-corrected chi connectivity index (χ0v) is 14.5. The van der Waals surface area contributed by atoms with Crippen molar-refractivity contribution in [2.24, 2.45) is 0 Å². The number of nitro groups is 1. The molecule has 1 N–H and O–H groups in total. The molecule has 1 unspecified atom stereocenters. The summed E-state index contributed by atoms with van der Waals surface area (Å²) in [6, 6.07) is 10.9. The summed E-state index contributed by atoms with van der Waals surface area (Å²) in [4.78, 5) is 22.2. The van der Waals surface area contributed by atoms with Crippen LogP contribution in [0, 0.1) is 10.1 Å². The molecule has 0 saturated heterocycles. The van der Waals surface area contributed by atoms with Crippen LogP contribution in [0.25, 0.3) is 0 Å². The molecule has 128 valence electrons. The van der Waals surface area contributed by atoms with Gasteiger partial charge in [0.15, 0.2) is 0 Å². The minimum absolute atomic E-state index is 0.0484. The van der Waals surface area contributed by atoms with Gasteiger partial charge in [0.05, 0.1) is 9.80 Å². The molecule has 24 heavy (non-hydrogen) atoms. The molecule has 1 aromatic carbocycles. The van der Waals surface area contributed by atoms with Crippen LogP contribution in [-0.2, 0) is 11.2 Å². The highest BCUT2D eigenvalue weighted by Crippen LogP contribution is 2.33. The van der Waals surface area contributed by atoms with Gasteiger partial charge in [0, 0.05) is 19.5 Å². The monoisotopic (exact) mass is 348 g/mol. The molecule has 0 aliphatic carbocycles. The molecule has 0 spiro atoms. The fourth-order valence-electron chi connectivity index (χ4n) is 2.28. The third-order valence-electron chi connectivity index (χ3n) is 3.45. The Balaban J connectivity index is 2.04. The Morgan fingerprint density at radius 2 is 2.17 bits per heavy atom. The van der Waals surface area contributed by atoms with E-state index >= 15 is 0 Å². The maximum atomic E-state index is 10.9. The Bertz CT molecular complexity index is 714. The molecule has 0 aliphatic rings. The number of hydrogen-bond donors (Lipinski definition) is 1. The van der Waals surface area contributed by atoms with E-state index in [1.807, 2.05) is 31.2 Å². The fourth-order valence-corrected chi connectivity index (χ4v) is 3.21. The number of nitrogens with zero attached hydrogens (tertiary/aromatic N) is 1. The van der Waals surface area contributed by atoms with Crippen molar-refractivity contribution in [1.82, 2.24) is 5.32 Å². The number of rotatable bonds is 8. The van der Waals surface area contributed by atoms with Crippen LogP contribution in [0.2, 0.25) is 0 Å². The highest BCUT2D eigenvalue weighted by molar-refractivity contribution is 7.15. The van der Waals surface area contributed by atoms with Crippen molar-refractivity contribution in [3.05, 3.63) is 57.0 Å². The largest absolute Gasteiger partial charge is 0.485 e. The fraction of sp³-hybridized carbons (Fsp3) is 0.353. The molecule has 1 aromatic heterocycles. The quantitative estimate of drug-likeness (QED) is 0.580. The summed E-state index contributed by atoms with van der Waals surface area (Å²) in [6.07, 6.45) is 1.22. The molecular formula is C17H20N2O4S. The molecule has 7 heteroatoms. The lowest BCUT2D eigenvalue weighted by Gasteiger charge is -2.16. The van der Waals surface area contributed by atoms with Gasteiger partial charge in [-0.05, 0) is 36.6 Å². The SMILES string of the molecule is CCC(Oc1cccc(CCNC(C)=O)c1)c1ccc([N+](=O)[O-])s1. The predicted octanol–water partition coefficient (Wildman–Crippen LogP) is 3.87. The van der Waals surface area contributed by atoms with Gasteiger partial charge in [0.25, 0.3) is 0 Å². The Morgan fingerprint density at radius 1 is 1.38 bits per heavy atom. The summed E-state index contributed by atoms with van der Waals surface area (Å²) >= 11 is 1.14. The molecule has 0 radical (unpaired) electrons. The van der Waals surface area contributed by atoms with Crippen LogP contribution in [0.3, 0.4) is 0 Å².